The van der Waals surface area contributed by atoms with Gasteiger partial charge in [-0.2, -0.15) is 0 Å². The van der Waals surface area contributed by atoms with Gasteiger partial charge in [0.05, 0.1) is 4.47 Å². The third-order valence-corrected chi connectivity index (χ3v) is 6.67. The Morgan fingerprint density at radius 2 is 2.25 bits per heavy atom. The second kappa shape index (κ2) is 9.51. The van der Waals surface area contributed by atoms with Gasteiger partial charge in [-0.3, -0.25) is 9.20 Å². The zero-order chi connectivity index (χ0) is 17.5. The molecule has 0 heterocycles. The Morgan fingerprint density at radius 1 is 1.46 bits per heavy atom. The Hall–Kier alpha value is -0.950. The number of benzene rings is 1. The summed E-state index contributed by atoms with van der Waals surface area (Å²) in [5, 5.41) is 6.91. The van der Waals surface area contributed by atoms with Crippen LogP contribution in [-0.2, 0) is 17.3 Å². The molecule has 0 spiro atoms. The second-order valence-electron chi connectivity index (χ2n) is 5.97. The van der Waals surface area contributed by atoms with Gasteiger partial charge in [0.25, 0.3) is 0 Å². The first-order valence-corrected chi connectivity index (χ1v) is 10.5. The summed E-state index contributed by atoms with van der Waals surface area (Å²) in [5.41, 5.74) is 0.854. The summed E-state index contributed by atoms with van der Waals surface area (Å²) in [6.45, 7) is 2.48. The molecular weight excluding hydrogens is 393 g/mol. The van der Waals surface area contributed by atoms with Crippen LogP contribution in [0.25, 0.3) is 0 Å². The zero-order valence-corrected chi connectivity index (χ0v) is 16.6. The van der Waals surface area contributed by atoms with Crippen molar-refractivity contribution >= 4 is 32.7 Å². The minimum absolute atomic E-state index is 0.269. The summed E-state index contributed by atoms with van der Waals surface area (Å²) in [6.07, 6.45) is 4.10. The molecule has 24 heavy (non-hydrogen) atoms. The highest BCUT2D eigenvalue weighted by Gasteiger charge is 2.25. The lowest BCUT2D eigenvalue weighted by Gasteiger charge is -2.30. The van der Waals surface area contributed by atoms with Crippen molar-refractivity contribution in [1.29, 1.82) is 0 Å². The molecule has 1 aliphatic rings. The Kier molecular flexibility index (Phi) is 7.68. The molecule has 1 aromatic carbocycles. The van der Waals surface area contributed by atoms with Crippen LogP contribution >= 0.6 is 15.9 Å². The maximum absolute atomic E-state index is 13.6. The van der Waals surface area contributed by atoms with Gasteiger partial charge < -0.3 is 10.6 Å². The molecule has 0 saturated heterocycles. The Labute approximate surface area is 154 Å². The molecule has 0 aromatic heterocycles. The maximum Gasteiger partial charge on any atom is 0.191 e. The lowest BCUT2D eigenvalue weighted by molar-refractivity contribution is 0.413. The van der Waals surface area contributed by atoms with Gasteiger partial charge in [0.15, 0.2) is 5.96 Å². The van der Waals surface area contributed by atoms with Crippen LogP contribution in [0.15, 0.2) is 27.7 Å². The molecule has 0 bridgehead atoms. The highest BCUT2D eigenvalue weighted by molar-refractivity contribution is 9.10. The van der Waals surface area contributed by atoms with Crippen LogP contribution < -0.4 is 10.6 Å². The molecule has 3 unspecified atom stereocenters. The van der Waals surface area contributed by atoms with Gasteiger partial charge >= 0.3 is 0 Å². The average molecular weight is 418 g/mol. The third kappa shape index (κ3) is 5.55. The molecule has 1 aromatic rings. The summed E-state index contributed by atoms with van der Waals surface area (Å²) in [7, 11) is 0.989. The fourth-order valence-corrected chi connectivity index (χ4v) is 4.57. The lowest BCUT2D eigenvalue weighted by atomic mass is 9.95. The molecule has 7 heteroatoms. The first kappa shape index (κ1) is 19.4. The average Bonchev–Trinajstić information content (AvgIpc) is 2.61. The smallest absolute Gasteiger partial charge is 0.191 e. The molecule has 134 valence electrons. The van der Waals surface area contributed by atoms with Crippen LogP contribution in [-0.4, -0.2) is 34.3 Å². The van der Waals surface area contributed by atoms with E-state index in [1.165, 1.54) is 6.07 Å². The number of nitrogens with zero attached hydrogens (tertiary/aromatic N) is 1. The van der Waals surface area contributed by atoms with Crippen LogP contribution in [0.5, 0.6) is 0 Å². The Balaban J connectivity index is 1.87. The van der Waals surface area contributed by atoms with Gasteiger partial charge in [-0.15, -0.1) is 0 Å². The van der Waals surface area contributed by atoms with Crippen molar-refractivity contribution in [2.45, 2.75) is 50.4 Å². The van der Waals surface area contributed by atoms with Crippen molar-refractivity contribution in [3.63, 3.8) is 0 Å². The SMILES string of the molecule is CCS(=O)C1CCCC(NC(=NC)NCc2ccc(Br)c(F)c2)C1. The van der Waals surface area contributed by atoms with E-state index in [1.54, 1.807) is 13.1 Å². The number of guanidine groups is 1. The van der Waals surface area contributed by atoms with E-state index >= 15 is 0 Å². The van der Waals surface area contributed by atoms with E-state index in [0.717, 1.165) is 37.0 Å². The molecule has 3 atom stereocenters. The molecule has 2 rings (SSSR count). The number of nitrogens with one attached hydrogen (secondary N) is 2. The molecular formula is C17H25BrFN3OS. The van der Waals surface area contributed by atoms with Gasteiger partial charge in [0.1, 0.15) is 5.82 Å². The van der Waals surface area contributed by atoms with E-state index in [0.29, 0.717) is 17.0 Å². The van der Waals surface area contributed by atoms with Gasteiger partial charge in [-0.05, 0) is 52.9 Å². The summed E-state index contributed by atoms with van der Waals surface area (Å²) in [4.78, 5) is 4.24. The van der Waals surface area contributed by atoms with Gasteiger partial charge in [-0.1, -0.05) is 19.4 Å². The highest BCUT2D eigenvalue weighted by atomic mass is 79.9. The Morgan fingerprint density at radius 3 is 2.92 bits per heavy atom. The maximum atomic E-state index is 13.6. The normalized spacial score (nSPS) is 22.9. The predicted octanol–water partition coefficient (Wildman–Crippen LogP) is 3.33. The van der Waals surface area contributed by atoms with Crippen LogP contribution in [0, 0.1) is 5.82 Å². The number of hydrogen-bond donors (Lipinski definition) is 2. The lowest BCUT2D eigenvalue weighted by Crippen LogP contribution is -2.46. The molecule has 1 fully saturated rings. The van der Waals surface area contributed by atoms with Crippen molar-refractivity contribution in [2.75, 3.05) is 12.8 Å². The standard InChI is InChI=1S/C17H25BrFN3OS/c1-3-24(23)14-6-4-5-13(10-14)22-17(20-2)21-11-12-7-8-15(18)16(19)9-12/h7-9,13-14H,3-6,10-11H2,1-2H3,(H2,20,21,22). The van der Waals surface area contributed by atoms with E-state index in [2.05, 4.69) is 31.6 Å². The van der Waals surface area contributed by atoms with Crippen LogP contribution in [0.4, 0.5) is 4.39 Å². The van der Waals surface area contributed by atoms with E-state index in [9.17, 15) is 8.60 Å². The van der Waals surface area contributed by atoms with E-state index in [-0.39, 0.29) is 17.1 Å². The van der Waals surface area contributed by atoms with Crippen LogP contribution in [0.2, 0.25) is 0 Å². The molecule has 1 aliphatic carbocycles. The van der Waals surface area contributed by atoms with Gasteiger partial charge in [0.2, 0.25) is 0 Å². The summed E-state index contributed by atoms with van der Waals surface area (Å²) < 4.78 is 26.1. The molecule has 0 amide bonds. The quantitative estimate of drug-likeness (QED) is 0.570. The number of hydrogen-bond acceptors (Lipinski definition) is 2. The van der Waals surface area contributed by atoms with Gasteiger partial charge in [-0.25, -0.2) is 4.39 Å². The summed E-state index contributed by atoms with van der Waals surface area (Å²) in [6, 6.07) is 5.36. The molecule has 0 aliphatic heterocycles. The van der Waals surface area contributed by atoms with Crippen molar-refractivity contribution in [3.05, 3.63) is 34.1 Å². The highest BCUT2D eigenvalue weighted by Crippen LogP contribution is 2.23. The Bertz CT molecular complexity index is 611. The fraction of sp³-hybridized carbons (Fsp3) is 0.588. The number of rotatable bonds is 5. The van der Waals surface area contributed by atoms with Crippen molar-refractivity contribution in [1.82, 2.24) is 10.6 Å². The first-order valence-electron chi connectivity index (χ1n) is 8.31. The molecule has 4 nitrogen and oxygen atoms in total. The van der Waals surface area contributed by atoms with E-state index < -0.39 is 10.8 Å². The van der Waals surface area contributed by atoms with Crippen LogP contribution in [0.1, 0.15) is 38.2 Å². The van der Waals surface area contributed by atoms with Crippen molar-refractivity contribution < 1.29 is 8.60 Å². The van der Waals surface area contributed by atoms with E-state index in [4.69, 9.17) is 0 Å². The fourth-order valence-electron chi connectivity index (χ4n) is 2.97. The predicted molar refractivity (Wildman–Crippen MR) is 102 cm³/mol. The molecule has 2 N–H and O–H groups in total. The summed E-state index contributed by atoms with van der Waals surface area (Å²) in [5.74, 6) is 1.15. The second-order valence-corrected chi connectivity index (χ2v) is 8.83. The topological polar surface area (TPSA) is 53.5 Å². The molecule has 1 saturated carbocycles. The van der Waals surface area contributed by atoms with Crippen molar-refractivity contribution in [3.8, 4) is 0 Å². The van der Waals surface area contributed by atoms with Gasteiger partial charge in [0, 0.05) is 41.4 Å². The minimum atomic E-state index is -0.736. The molecule has 0 radical (unpaired) electrons. The monoisotopic (exact) mass is 417 g/mol. The van der Waals surface area contributed by atoms with E-state index in [1.807, 2.05) is 13.0 Å². The third-order valence-electron chi connectivity index (χ3n) is 4.29. The van der Waals surface area contributed by atoms with Crippen molar-refractivity contribution in [2.24, 2.45) is 4.99 Å². The zero-order valence-electron chi connectivity index (χ0n) is 14.1. The number of halogens is 2. The summed E-state index contributed by atoms with van der Waals surface area (Å²) >= 11 is 3.16. The van der Waals surface area contributed by atoms with Crippen LogP contribution in [0.3, 0.4) is 0 Å². The largest absolute Gasteiger partial charge is 0.354 e. The number of aliphatic imine (C=N–C) groups is 1. The minimum Gasteiger partial charge on any atom is -0.354 e. The first-order chi connectivity index (χ1) is 11.5.